The zero-order valence-electron chi connectivity index (χ0n) is 16.2. The number of benzene rings is 1. The van der Waals surface area contributed by atoms with E-state index in [-0.39, 0.29) is 0 Å². The largest absolute Gasteiger partial charge is 0.493 e. The van der Waals surface area contributed by atoms with Crippen LogP contribution in [0.15, 0.2) is 40.2 Å². The highest BCUT2D eigenvalue weighted by molar-refractivity contribution is 7.10. The first-order valence-corrected chi connectivity index (χ1v) is 9.98. The monoisotopic (exact) mass is 386 g/mol. The highest BCUT2D eigenvalue weighted by atomic mass is 32.1. The number of thiophene rings is 1. The van der Waals surface area contributed by atoms with Crippen LogP contribution in [0.25, 0.3) is 0 Å². The number of aromatic nitrogens is 1. The molecular weight excluding hydrogens is 360 g/mol. The van der Waals surface area contributed by atoms with Gasteiger partial charge in [-0.1, -0.05) is 24.2 Å². The average molecular weight is 387 g/mol. The number of rotatable bonds is 9. The summed E-state index contributed by atoms with van der Waals surface area (Å²) in [6.45, 7) is 7.19. The van der Waals surface area contributed by atoms with Crippen LogP contribution >= 0.6 is 11.3 Å². The fourth-order valence-electron chi connectivity index (χ4n) is 2.98. The summed E-state index contributed by atoms with van der Waals surface area (Å²) in [5.41, 5.74) is 2.99. The molecule has 144 valence electrons. The summed E-state index contributed by atoms with van der Waals surface area (Å²) in [5.74, 6) is 2.23. The van der Waals surface area contributed by atoms with Crippen molar-refractivity contribution in [2.45, 2.75) is 46.4 Å². The van der Waals surface area contributed by atoms with Gasteiger partial charge in [0.2, 0.25) is 0 Å². The van der Waals surface area contributed by atoms with Crippen LogP contribution in [0.5, 0.6) is 11.5 Å². The summed E-state index contributed by atoms with van der Waals surface area (Å²) in [5, 5.41) is 9.70. The van der Waals surface area contributed by atoms with E-state index in [1.54, 1.807) is 18.4 Å². The van der Waals surface area contributed by atoms with Crippen molar-refractivity contribution in [3.05, 3.63) is 63.2 Å². The van der Waals surface area contributed by atoms with Crippen LogP contribution in [-0.4, -0.2) is 12.3 Å². The Bertz CT molecular complexity index is 839. The number of ether oxygens (including phenoxy) is 2. The van der Waals surface area contributed by atoms with Gasteiger partial charge >= 0.3 is 0 Å². The van der Waals surface area contributed by atoms with Crippen molar-refractivity contribution in [2.24, 2.45) is 0 Å². The lowest BCUT2D eigenvalue weighted by molar-refractivity contribution is 0.281. The molecular formula is C21H26N2O3S. The fourth-order valence-corrected chi connectivity index (χ4v) is 3.86. The molecule has 2 heterocycles. The van der Waals surface area contributed by atoms with Gasteiger partial charge in [-0.3, -0.25) is 0 Å². The number of hydrogen-bond donors (Lipinski definition) is 1. The predicted molar refractivity (Wildman–Crippen MR) is 107 cm³/mol. The normalized spacial score (nSPS) is 12.1. The molecule has 0 aliphatic carbocycles. The summed E-state index contributed by atoms with van der Waals surface area (Å²) in [6, 6.07) is 10.7. The van der Waals surface area contributed by atoms with Gasteiger partial charge in [-0.2, -0.15) is 0 Å². The highest BCUT2D eigenvalue weighted by Crippen LogP contribution is 2.30. The maximum Gasteiger partial charge on any atom is 0.161 e. The maximum atomic E-state index is 5.95. The molecule has 0 amide bonds. The summed E-state index contributed by atoms with van der Waals surface area (Å²) < 4.78 is 16.7. The van der Waals surface area contributed by atoms with Crippen molar-refractivity contribution < 1.29 is 14.0 Å². The highest BCUT2D eigenvalue weighted by Gasteiger charge is 2.13. The van der Waals surface area contributed by atoms with Gasteiger partial charge in [0.15, 0.2) is 11.5 Å². The summed E-state index contributed by atoms with van der Waals surface area (Å²) in [7, 11) is 1.66. The van der Waals surface area contributed by atoms with Gasteiger partial charge in [0.1, 0.15) is 12.4 Å². The smallest absolute Gasteiger partial charge is 0.161 e. The number of nitrogens with zero attached hydrogens (tertiary/aromatic N) is 1. The van der Waals surface area contributed by atoms with Gasteiger partial charge in [-0.15, -0.1) is 11.3 Å². The van der Waals surface area contributed by atoms with Crippen LogP contribution in [0.2, 0.25) is 0 Å². The van der Waals surface area contributed by atoms with Crippen molar-refractivity contribution in [1.29, 1.82) is 0 Å². The van der Waals surface area contributed by atoms with E-state index in [1.165, 1.54) is 4.88 Å². The summed E-state index contributed by atoms with van der Waals surface area (Å²) >= 11 is 1.79. The molecule has 1 N–H and O–H groups in total. The molecule has 0 saturated heterocycles. The lowest BCUT2D eigenvalue weighted by Crippen LogP contribution is -2.19. The second-order valence-corrected chi connectivity index (χ2v) is 7.41. The van der Waals surface area contributed by atoms with Crippen LogP contribution in [0, 0.1) is 13.8 Å². The number of aryl methyl sites for hydroxylation is 2. The summed E-state index contributed by atoms with van der Waals surface area (Å²) in [4.78, 5) is 1.36. The Morgan fingerprint density at radius 3 is 2.70 bits per heavy atom. The number of nitrogens with one attached hydrogen (secondary N) is 1. The molecule has 2 aromatic heterocycles. The Morgan fingerprint density at radius 1 is 1.22 bits per heavy atom. The second kappa shape index (κ2) is 9.06. The lowest BCUT2D eigenvalue weighted by atomic mass is 10.1. The van der Waals surface area contributed by atoms with E-state index in [1.807, 2.05) is 26.0 Å². The molecule has 6 heteroatoms. The minimum atomic E-state index is 0.367. The van der Waals surface area contributed by atoms with E-state index in [2.05, 4.69) is 41.0 Å². The van der Waals surface area contributed by atoms with E-state index in [0.717, 1.165) is 41.3 Å². The Hall–Kier alpha value is -2.31. The maximum absolute atomic E-state index is 5.95. The van der Waals surface area contributed by atoms with E-state index in [0.29, 0.717) is 18.4 Å². The van der Waals surface area contributed by atoms with Crippen molar-refractivity contribution in [3.8, 4) is 11.5 Å². The van der Waals surface area contributed by atoms with E-state index in [9.17, 15) is 0 Å². The SMILES string of the molecule is CCC(NCc1ccc(OCc2c(C)noc2C)c(OC)c1)c1cccs1. The molecule has 1 atom stereocenters. The third kappa shape index (κ3) is 4.70. The third-order valence-electron chi connectivity index (χ3n) is 4.63. The van der Waals surface area contributed by atoms with Crippen molar-refractivity contribution in [3.63, 3.8) is 0 Å². The minimum Gasteiger partial charge on any atom is -0.493 e. The predicted octanol–water partition coefficient (Wildman–Crippen LogP) is 5.18. The average Bonchev–Trinajstić information content (AvgIpc) is 3.32. The molecule has 5 nitrogen and oxygen atoms in total. The second-order valence-electron chi connectivity index (χ2n) is 6.43. The van der Waals surface area contributed by atoms with Crippen LogP contribution in [-0.2, 0) is 13.2 Å². The number of methoxy groups -OCH3 is 1. The molecule has 0 spiro atoms. The van der Waals surface area contributed by atoms with Crippen LogP contribution in [0.1, 0.15) is 46.8 Å². The molecule has 1 unspecified atom stereocenters. The molecule has 0 bridgehead atoms. The van der Waals surface area contributed by atoms with Gasteiger partial charge in [0, 0.05) is 17.5 Å². The number of hydrogen-bond acceptors (Lipinski definition) is 6. The molecule has 0 saturated carbocycles. The van der Waals surface area contributed by atoms with Crippen molar-refractivity contribution in [1.82, 2.24) is 10.5 Å². The molecule has 0 aliphatic heterocycles. The topological polar surface area (TPSA) is 56.5 Å². The van der Waals surface area contributed by atoms with Gasteiger partial charge in [-0.05, 0) is 49.4 Å². The zero-order chi connectivity index (χ0) is 19.2. The minimum absolute atomic E-state index is 0.367. The van der Waals surface area contributed by atoms with E-state index >= 15 is 0 Å². The molecule has 0 radical (unpaired) electrons. The first kappa shape index (κ1) is 19.5. The standard InChI is InChI=1S/C21H26N2O3S/c1-5-18(21-7-6-10-27-21)22-12-16-8-9-19(20(11-16)24-4)25-13-17-14(2)23-26-15(17)3/h6-11,18,22H,5,12-13H2,1-4H3. The first-order chi connectivity index (χ1) is 13.1. The lowest BCUT2D eigenvalue weighted by Gasteiger charge is -2.17. The Balaban J connectivity index is 1.65. The zero-order valence-corrected chi connectivity index (χ0v) is 17.1. The molecule has 0 aliphatic rings. The van der Waals surface area contributed by atoms with Crippen LogP contribution < -0.4 is 14.8 Å². The molecule has 3 aromatic rings. The molecule has 3 rings (SSSR count). The molecule has 27 heavy (non-hydrogen) atoms. The van der Waals surface area contributed by atoms with Crippen LogP contribution in [0.4, 0.5) is 0 Å². The Morgan fingerprint density at radius 2 is 2.07 bits per heavy atom. The van der Waals surface area contributed by atoms with Gasteiger partial charge < -0.3 is 19.3 Å². The van der Waals surface area contributed by atoms with Gasteiger partial charge in [-0.25, -0.2) is 0 Å². The first-order valence-electron chi connectivity index (χ1n) is 9.10. The van der Waals surface area contributed by atoms with E-state index in [4.69, 9.17) is 14.0 Å². The summed E-state index contributed by atoms with van der Waals surface area (Å²) in [6.07, 6.45) is 1.05. The van der Waals surface area contributed by atoms with Gasteiger partial charge in [0.05, 0.1) is 18.4 Å². The fraction of sp³-hybridized carbons (Fsp3) is 0.381. The van der Waals surface area contributed by atoms with Crippen molar-refractivity contribution >= 4 is 11.3 Å². The Kier molecular flexibility index (Phi) is 6.53. The van der Waals surface area contributed by atoms with Gasteiger partial charge in [0.25, 0.3) is 0 Å². The molecule has 1 aromatic carbocycles. The van der Waals surface area contributed by atoms with E-state index < -0.39 is 0 Å². The third-order valence-corrected chi connectivity index (χ3v) is 5.61. The Labute approximate surface area is 164 Å². The van der Waals surface area contributed by atoms with Crippen LogP contribution in [0.3, 0.4) is 0 Å². The molecule has 0 fully saturated rings. The van der Waals surface area contributed by atoms with Crippen molar-refractivity contribution in [2.75, 3.05) is 7.11 Å². The quantitative estimate of drug-likeness (QED) is 0.549.